The monoisotopic (exact) mass is 459 g/mol. The number of ether oxygens (including phenoxy) is 1. The lowest BCUT2D eigenvalue weighted by molar-refractivity contribution is -0.113. The first-order valence-corrected chi connectivity index (χ1v) is 11.6. The van der Waals surface area contributed by atoms with Crippen molar-refractivity contribution in [2.75, 3.05) is 18.2 Å². The van der Waals surface area contributed by atoms with Crippen molar-refractivity contribution in [2.45, 2.75) is 24.9 Å². The molecule has 0 atom stereocenters. The molecule has 0 saturated carbocycles. The molecule has 7 heteroatoms. The minimum absolute atomic E-state index is 0.112. The molecular weight excluding hydrogens is 434 g/mol. The lowest BCUT2D eigenvalue weighted by atomic mass is 10.0. The van der Waals surface area contributed by atoms with Gasteiger partial charge in [0.15, 0.2) is 5.16 Å². The number of nitrogens with one attached hydrogen (secondary N) is 1. The minimum Gasteiger partial charge on any atom is -0.497 e. The number of thioether (sulfide) groups is 1. The number of hydrogen-bond donors (Lipinski definition) is 1. The van der Waals surface area contributed by atoms with E-state index in [-0.39, 0.29) is 23.1 Å². The molecule has 1 N–H and O–H groups in total. The molecule has 0 radical (unpaired) electrons. The summed E-state index contributed by atoms with van der Waals surface area (Å²) in [6, 6.07) is 22.2. The Hall–Kier alpha value is -3.58. The van der Waals surface area contributed by atoms with Crippen molar-refractivity contribution >= 4 is 34.3 Å². The molecular formula is C26H25N3O3S. The fraction of sp³-hybridized carbons (Fsp3) is 0.192. The maximum absolute atomic E-state index is 13.4. The standard InChI is InChI=1S/C26H25N3O3S/c1-17(2)20-11-4-6-13-22(20)27-24(30)16-33-26-28-23-14-7-5-12-21(23)25(31)29(26)18-9-8-10-19(15-18)32-3/h4-15,17H,16H2,1-3H3,(H,27,30). The third-order valence-electron chi connectivity index (χ3n) is 5.25. The normalized spacial score (nSPS) is 11.0. The van der Waals surface area contributed by atoms with Crippen LogP contribution >= 0.6 is 11.8 Å². The van der Waals surface area contributed by atoms with Gasteiger partial charge in [0.25, 0.3) is 5.56 Å². The van der Waals surface area contributed by atoms with E-state index >= 15 is 0 Å². The maximum Gasteiger partial charge on any atom is 0.266 e. The summed E-state index contributed by atoms with van der Waals surface area (Å²) in [5.41, 5.74) is 2.91. The molecule has 33 heavy (non-hydrogen) atoms. The number of rotatable bonds is 7. The highest BCUT2D eigenvalue weighted by atomic mass is 32.2. The summed E-state index contributed by atoms with van der Waals surface area (Å²) < 4.78 is 6.86. The van der Waals surface area contributed by atoms with E-state index in [4.69, 9.17) is 9.72 Å². The van der Waals surface area contributed by atoms with Gasteiger partial charge in [-0.1, -0.05) is 62.0 Å². The van der Waals surface area contributed by atoms with Gasteiger partial charge in [-0.25, -0.2) is 4.98 Å². The fourth-order valence-electron chi connectivity index (χ4n) is 3.62. The molecule has 0 aliphatic rings. The Bertz CT molecular complexity index is 1360. The zero-order valence-corrected chi connectivity index (χ0v) is 19.6. The summed E-state index contributed by atoms with van der Waals surface area (Å²) in [6.07, 6.45) is 0. The highest BCUT2D eigenvalue weighted by Gasteiger charge is 2.16. The number of benzene rings is 3. The minimum atomic E-state index is -0.193. The molecule has 0 bridgehead atoms. The van der Waals surface area contributed by atoms with E-state index in [9.17, 15) is 9.59 Å². The number of carbonyl (C=O) groups excluding carboxylic acids is 1. The summed E-state index contributed by atoms with van der Waals surface area (Å²) in [6.45, 7) is 4.18. The quantitative estimate of drug-likeness (QED) is 0.302. The van der Waals surface area contributed by atoms with Gasteiger partial charge in [-0.3, -0.25) is 14.2 Å². The number of anilines is 1. The second kappa shape index (κ2) is 9.92. The van der Waals surface area contributed by atoms with Gasteiger partial charge in [0.05, 0.1) is 29.5 Å². The number of methoxy groups -OCH3 is 1. The van der Waals surface area contributed by atoms with Crippen molar-refractivity contribution < 1.29 is 9.53 Å². The van der Waals surface area contributed by atoms with Crippen molar-refractivity contribution in [3.05, 3.63) is 88.7 Å². The Kier molecular flexibility index (Phi) is 6.79. The molecule has 1 heterocycles. The lowest BCUT2D eigenvalue weighted by Gasteiger charge is -2.15. The number of nitrogens with zero attached hydrogens (tertiary/aromatic N) is 2. The maximum atomic E-state index is 13.4. The smallest absolute Gasteiger partial charge is 0.266 e. The van der Waals surface area contributed by atoms with E-state index in [1.807, 2.05) is 54.6 Å². The number of hydrogen-bond acceptors (Lipinski definition) is 5. The molecule has 4 rings (SSSR count). The number of fused-ring (bicyclic) bond motifs is 1. The molecule has 0 fully saturated rings. The molecule has 0 aliphatic carbocycles. The average molecular weight is 460 g/mol. The van der Waals surface area contributed by atoms with Gasteiger partial charge < -0.3 is 10.1 Å². The second-order valence-electron chi connectivity index (χ2n) is 7.83. The molecule has 0 unspecified atom stereocenters. The highest BCUT2D eigenvalue weighted by molar-refractivity contribution is 7.99. The van der Waals surface area contributed by atoms with Gasteiger partial charge in [0.2, 0.25) is 5.91 Å². The van der Waals surface area contributed by atoms with E-state index in [0.717, 1.165) is 11.3 Å². The average Bonchev–Trinajstić information content (AvgIpc) is 2.83. The van der Waals surface area contributed by atoms with E-state index in [0.29, 0.717) is 27.5 Å². The van der Waals surface area contributed by atoms with Crippen molar-refractivity contribution in [3.63, 3.8) is 0 Å². The summed E-state index contributed by atoms with van der Waals surface area (Å²) in [7, 11) is 1.58. The third kappa shape index (κ3) is 4.93. The largest absolute Gasteiger partial charge is 0.497 e. The predicted octanol–water partition coefficient (Wildman–Crippen LogP) is 5.25. The predicted molar refractivity (Wildman–Crippen MR) is 134 cm³/mol. The molecule has 0 saturated heterocycles. The topological polar surface area (TPSA) is 73.2 Å². The van der Waals surface area contributed by atoms with E-state index in [2.05, 4.69) is 19.2 Å². The molecule has 168 valence electrons. The van der Waals surface area contributed by atoms with Crippen molar-refractivity contribution in [3.8, 4) is 11.4 Å². The van der Waals surface area contributed by atoms with Crippen molar-refractivity contribution in [1.29, 1.82) is 0 Å². The third-order valence-corrected chi connectivity index (χ3v) is 6.18. The van der Waals surface area contributed by atoms with Crippen LogP contribution in [0.5, 0.6) is 5.75 Å². The van der Waals surface area contributed by atoms with Crippen molar-refractivity contribution in [1.82, 2.24) is 9.55 Å². The van der Waals surface area contributed by atoms with Crippen LogP contribution in [0.4, 0.5) is 5.69 Å². The van der Waals surface area contributed by atoms with Crippen LogP contribution in [0.15, 0.2) is 82.7 Å². The summed E-state index contributed by atoms with van der Waals surface area (Å²) in [4.78, 5) is 30.9. The molecule has 6 nitrogen and oxygen atoms in total. The van der Waals surface area contributed by atoms with Crippen LogP contribution in [0.2, 0.25) is 0 Å². The Morgan fingerprint density at radius 3 is 2.61 bits per heavy atom. The molecule has 3 aromatic carbocycles. The molecule has 0 spiro atoms. The Labute approximate surface area is 196 Å². The van der Waals surface area contributed by atoms with Gasteiger partial charge in [-0.15, -0.1) is 0 Å². The van der Waals surface area contributed by atoms with Crippen LogP contribution in [0.3, 0.4) is 0 Å². The van der Waals surface area contributed by atoms with Crippen LogP contribution in [-0.2, 0) is 4.79 Å². The molecule has 0 aliphatic heterocycles. The van der Waals surface area contributed by atoms with Crippen LogP contribution in [-0.4, -0.2) is 28.3 Å². The fourth-order valence-corrected chi connectivity index (χ4v) is 4.43. The van der Waals surface area contributed by atoms with Crippen LogP contribution in [0.1, 0.15) is 25.3 Å². The summed E-state index contributed by atoms with van der Waals surface area (Å²) in [5.74, 6) is 0.870. The number of para-hydroxylation sites is 2. The van der Waals surface area contributed by atoms with Crippen LogP contribution in [0.25, 0.3) is 16.6 Å². The molecule has 4 aromatic rings. The van der Waals surface area contributed by atoms with E-state index < -0.39 is 0 Å². The van der Waals surface area contributed by atoms with Gasteiger partial charge in [-0.2, -0.15) is 0 Å². The van der Waals surface area contributed by atoms with Crippen molar-refractivity contribution in [2.24, 2.45) is 0 Å². The number of aromatic nitrogens is 2. The highest BCUT2D eigenvalue weighted by Crippen LogP contribution is 2.26. The SMILES string of the molecule is COc1cccc(-n2c(SCC(=O)Nc3ccccc3C(C)C)nc3ccccc3c2=O)c1. The Morgan fingerprint density at radius 2 is 1.82 bits per heavy atom. The lowest BCUT2D eigenvalue weighted by Crippen LogP contribution is -2.23. The summed E-state index contributed by atoms with van der Waals surface area (Å²) in [5, 5.41) is 3.95. The first-order valence-electron chi connectivity index (χ1n) is 10.7. The molecule has 1 aromatic heterocycles. The second-order valence-corrected chi connectivity index (χ2v) is 8.77. The van der Waals surface area contributed by atoms with E-state index in [1.165, 1.54) is 16.3 Å². The van der Waals surface area contributed by atoms with Gasteiger partial charge >= 0.3 is 0 Å². The van der Waals surface area contributed by atoms with Crippen LogP contribution in [0, 0.1) is 0 Å². The Balaban J connectivity index is 1.67. The van der Waals surface area contributed by atoms with Gasteiger partial charge in [0, 0.05) is 11.8 Å². The first-order chi connectivity index (χ1) is 16.0. The first kappa shape index (κ1) is 22.6. The zero-order chi connectivity index (χ0) is 23.4. The van der Waals surface area contributed by atoms with Gasteiger partial charge in [0.1, 0.15) is 5.75 Å². The van der Waals surface area contributed by atoms with E-state index in [1.54, 1.807) is 25.3 Å². The number of carbonyl (C=O) groups is 1. The number of amides is 1. The Morgan fingerprint density at radius 1 is 1.06 bits per heavy atom. The molecule has 1 amide bonds. The van der Waals surface area contributed by atoms with Crippen LogP contribution < -0.4 is 15.6 Å². The van der Waals surface area contributed by atoms with Gasteiger partial charge in [-0.05, 0) is 41.8 Å². The summed E-state index contributed by atoms with van der Waals surface area (Å²) >= 11 is 1.22. The zero-order valence-electron chi connectivity index (χ0n) is 18.7.